The molecule has 2 heterocycles. The van der Waals surface area contributed by atoms with Crippen molar-refractivity contribution in [2.75, 3.05) is 18.5 Å². The molecule has 0 spiro atoms. The molecule has 0 aliphatic carbocycles. The molecule has 1 aliphatic rings. The van der Waals surface area contributed by atoms with E-state index in [-0.39, 0.29) is 18.7 Å². The van der Waals surface area contributed by atoms with Crippen molar-refractivity contribution in [2.24, 2.45) is 0 Å². The second kappa shape index (κ2) is 5.92. The number of hydrogen-bond donors (Lipinski definition) is 2. The number of aliphatic hydroxyl groups is 1. The van der Waals surface area contributed by atoms with E-state index in [2.05, 4.69) is 15.5 Å². The van der Waals surface area contributed by atoms with Crippen molar-refractivity contribution in [3.8, 4) is 0 Å². The van der Waals surface area contributed by atoms with Gasteiger partial charge in [-0.1, -0.05) is 11.3 Å². The van der Waals surface area contributed by atoms with Crippen LogP contribution < -0.4 is 5.32 Å². The van der Waals surface area contributed by atoms with E-state index in [4.69, 9.17) is 5.11 Å². The zero-order chi connectivity index (χ0) is 12.1. The van der Waals surface area contributed by atoms with Crippen LogP contribution >= 0.6 is 11.3 Å². The number of aromatic nitrogens is 2. The van der Waals surface area contributed by atoms with Gasteiger partial charge in [0, 0.05) is 19.2 Å². The molecule has 1 saturated heterocycles. The predicted octanol–water partition coefficient (Wildman–Crippen LogP) is 1.31. The topological polar surface area (TPSA) is 78.4 Å². The molecule has 7 heteroatoms. The fourth-order valence-corrected chi connectivity index (χ4v) is 2.54. The zero-order valence-electron chi connectivity index (χ0n) is 9.50. The van der Waals surface area contributed by atoms with Crippen molar-refractivity contribution < 1.29 is 9.90 Å². The number of likely N-dealkylation sites (tertiary alicyclic amines) is 1. The Morgan fingerprint density at radius 3 is 3.24 bits per heavy atom. The van der Waals surface area contributed by atoms with E-state index < -0.39 is 0 Å². The lowest BCUT2D eigenvalue weighted by atomic mass is 10.0. The normalized spacial score (nSPS) is 20.3. The number of aliphatic hydroxyl groups excluding tert-OH is 1. The number of amides is 2. The zero-order valence-corrected chi connectivity index (χ0v) is 10.3. The third-order valence-corrected chi connectivity index (χ3v) is 3.53. The monoisotopic (exact) mass is 256 g/mol. The molecular formula is C10H16N4O2S. The van der Waals surface area contributed by atoms with Crippen LogP contribution in [0.4, 0.5) is 9.93 Å². The van der Waals surface area contributed by atoms with Crippen molar-refractivity contribution in [1.29, 1.82) is 0 Å². The van der Waals surface area contributed by atoms with E-state index in [1.165, 1.54) is 11.3 Å². The maximum absolute atomic E-state index is 12.0. The Bertz CT molecular complexity index is 355. The Labute approximate surface area is 104 Å². The maximum Gasteiger partial charge on any atom is 0.323 e. The summed E-state index contributed by atoms with van der Waals surface area (Å²) in [5.74, 6) is 0. The van der Waals surface area contributed by atoms with Crippen molar-refractivity contribution in [3.63, 3.8) is 0 Å². The van der Waals surface area contributed by atoms with Gasteiger partial charge in [-0.2, -0.15) is 0 Å². The minimum atomic E-state index is -0.139. The minimum absolute atomic E-state index is 0.118. The average molecular weight is 256 g/mol. The molecule has 2 rings (SSSR count). The number of rotatable bonds is 3. The second-order valence-corrected chi connectivity index (χ2v) is 4.86. The van der Waals surface area contributed by atoms with E-state index in [0.29, 0.717) is 11.6 Å². The number of anilines is 1. The van der Waals surface area contributed by atoms with Gasteiger partial charge in [0.25, 0.3) is 0 Å². The number of nitrogens with zero attached hydrogens (tertiary/aromatic N) is 3. The Balaban J connectivity index is 1.96. The molecule has 1 aliphatic heterocycles. The van der Waals surface area contributed by atoms with Gasteiger partial charge in [0.1, 0.15) is 5.51 Å². The highest BCUT2D eigenvalue weighted by Crippen LogP contribution is 2.21. The van der Waals surface area contributed by atoms with Crippen LogP contribution in [-0.4, -0.2) is 45.4 Å². The third-order valence-electron chi connectivity index (χ3n) is 2.92. The van der Waals surface area contributed by atoms with Crippen LogP contribution in [0.2, 0.25) is 0 Å². The van der Waals surface area contributed by atoms with Crippen LogP contribution in [0.1, 0.15) is 25.7 Å². The first-order valence-corrected chi connectivity index (χ1v) is 6.64. The summed E-state index contributed by atoms with van der Waals surface area (Å²) < 4.78 is 0. The quantitative estimate of drug-likeness (QED) is 0.854. The van der Waals surface area contributed by atoms with Crippen LogP contribution in [0, 0.1) is 0 Å². The fourth-order valence-electron chi connectivity index (χ4n) is 2.11. The molecule has 1 fully saturated rings. The van der Waals surface area contributed by atoms with Crippen LogP contribution in [0.25, 0.3) is 0 Å². The summed E-state index contributed by atoms with van der Waals surface area (Å²) in [5, 5.41) is 19.7. The van der Waals surface area contributed by atoms with Gasteiger partial charge < -0.3 is 10.0 Å². The number of hydrogen-bond acceptors (Lipinski definition) is 5. The summed E-state index contributed by atoms with van der Waals surface area (Å²) in [6.45, 7) is 0.864. The molecule has 1 aromatic heterocycles. The molecular weight excluding hydrogens is 240 g/mol. The van der Waals surface area contributed by atoms with Gasteiger partial charge in [-0.3, -0.25) is 5.32 Å². The Hall–Kier alpha value is -1.21. The summed E-state index contributed by atoms with van der Waals surface area (Å²) in [4.78, 5) is 13.8. The Morgan fingerprint density at radius 1 is 1.65 bits per heavy atom. The Morgan fingerprint density at radius 2 is 2.53 bits per heavy atom. The molecule has 1 aromatic rings. The predicted molar refractivity (Wildman–Crippen MR) is 65.0 cm³/mol. The number of carbonyl (C=O) groups excluding carboxylic acids is 1. The molecule has 6 nitrogen and oxygen atoms in total. The highest BCUT2D eigenvalue weighted by Gasteiger charge is 2.26. The summed E-state index contributed by atoms with van der Waals surface area (Å²) in [5.41, 5.74) is 1.58. The van der Waals surface area contributed by atoms with Gasteiger partial charge >= 0.3 is 6.03 Å². The van der Waals surface area contributed by atoms with Crippen molar-refractivity contribution in [3.05, 3.63) is 5.51 Å². The molecule has 2 amide bonds. The SMILES string of the molecule is O=C(Nc1nncs1)N1CCCC[C@H]1CCO. The summed E-state index contributed by atoms with van der Waals surface area (Å²) >= 11 is 1.30. The van der Waals surface area contributed by atoms with Gasteiger partial charge in [-0.15, -0.1) is 10.2 Å². The van der Waals surface area contributed by atoms with Gasteiger partial charge in [-0.25, -0.2) is 4.79 Å². The second-order valence-electron chi connectivity index (χ2n) is 4.03. The number of urea groups is 1. The molecule has 94 valence electrons. The average Bonchev–Trinajstić information content (AvgIpc) is 2.83. The molecule has 17 heavy (non-hydrogen) atoms. The molecule has 0 bridgehead atoms. The lowest BCUT2D eigenvalue weighted by molar-refractivity contribution is 0.141. The molecule has 2 N–H and O–H groups in total. The smallest absolute Gasteiger partial charge is 0.323 e. The molecule has 0 aromatic carbocycles. The van der Waals surface area contributed by atoms with Crippen LogP contribution in [0.15, 0.2) is 5.51 Å². The van der Waals surface area contributed by atoms with Gasteiger partial charge in [0.05, 0.1) is 0 Å². The van der Waals surface area contributed by atoms with Crippen LogP contribution in [0.5, 0.6) is 0 Å². The molecule has 0 radical (unpaired) electrons. The largest absolute Gasteiger partial charge is 0.396 e. The number of piperidine rings is 1. The van der Waals surface area contributed by atoms with Crippen molar-refractivity contribution >= 4 is 22.5 Å². The van der Waals surface area contributed by atoms with E-state index in [1.807, 2.05) is 0 Å². The minimum Gasteiger partial charge on any atom is -0.396 e. The highest BCUT2D eigenvalue weighted by atomic mass is 32.1. The summed E-state index contributed by atoms with van der Waals surface area (Å²) in [6.07, 6.45) is 3.74. The first kappa shape index (κ1) is 12.3. The lowest BCUT2D eigenvalue weighted by Gasteiger charge is -2.35. The highest BCUT2D eigenvalue weighted by molar-refractivity contribution is 7.13. The van der Waals surface area contributed by atoms with Gasteiger partial charge in [0.15, 0.2) is 0 Å². The standard InChI is InChI=1S/C10H16N4O2S/c15-6-4-8-3-1-2-5-14(8)10(16)12-9-13-11-7-17-9/h7-8,15H,1-6H2,(H,12,13,16)/t8-/m0/s1. The molecule has 0 unspecified atom stereocenters. The van der Waals surface area contributed by atoms with Gasteiger partial charge in [0.2, 0.25) is 5.13 Å². The number of nitrogens with one attached hydrogen (secondary N) is 1. The molecule has 1 atom stereocenters. The maximum atomic E-state index is 12.0. The van der Waals surface area contributed by atoms with E-state index in [0.717, 1.165) is 25.8 Å². The third kappa shape index (κ3) is 3.13. The molecule has 0 saturated carbocycles. The Kier molecular flexibility index (Phi) is 4.27. The van der Waals surface area contributed by atoms with Crippen molar-refractivity contribution in [1.82, 2.24) is 15.1 Å². The van der Waals surface area contributed by atoms with Crippen LogP contribution in [-0.2, 0) is 0 Å². The fraction of sp³-hybridized carbons (Fsp3) is 0.700. The first-order chi connectivity index (χ1) is 8.31. The lowest BCUT2D eigenvalue weighted by Crippen LogP contribution is -2.46. The van der Waals surface area contributed by atoms with E-state index in [1.54, 1.807) is 10.4 Å². The summed E-state index contributed by atoms with van der Waals surface area (Å²) in [6, 6.07) is 0.00146. The van der Waals surface area contributed by atoms with E-state index >= 15 is 0 Å². The van der Waals surface area contributed by atoms with E-state index in [9.17, 15) is 4.79 Å². The first-order valence-electron chi connectivity index (χ1n) is 5.76. The van der Waals surface area contributed by atoms with Crippen LogP contribution in [0.3, 0.4) is 0 Å². The summed E-state index contributed by atoms with van der Waals surface area (Å²) in [7, 11) is 0. The van der Waals surface area contributed by atoms with Crippen molar-refractivity contribution in [2.45, 2.75) is 31.7 Å². The number of carbonyl (C=O) groups is 1. The van der Waals surface area contributed by atoms with Gasteiger partial charge in [-0.05, 0) is 25.7 Å².